The van der Waals surface area contributed by atoms with Gasteiger partial charge in [0.15, 0.2) is 5.78 Å². The number of Topliss-reactive ketones (excluding diaryl/α,β-unsaturated/α-hetero) is 1. The second-order valence-electron chi connectivity index (χ2n) is 7.69. The number of aromatic nitrogens is 1. The Balaban J connectivity index is 1.80. The van der Waals surface area contributed by atoms with E-state index in [1.165, 1.54) is 0 Å². The quantitative estimate of drug-likeness (QED) is 0.746. The third kappa shape index (κ3) is 3.66. The molecule has 2 heterocycles. The van der Waals surface area contributed by atoms with Gasteiger partial charge >= 0.3 is 0 Å². The van der Waals surface area contributed by atoms with Gasteiger partial charge in [0.25, 0.3) is 5.91 Å². The molecule has 6 nitrogen and oxygen atoms in total. The summed E-state index contributed by atoms with van der Waals surface area (Å²) in [6.07, 6.45) is 2.84. The number of hydrogen-bond donors (Lipinski definition) is 3. The molecule has 2 unspecified atom stereocenters. The molecule has 1 aromatic carbocycles. The first-order valence-corrected chi connectivity index (χ1v) is 9.69. The number of dihydropyridines is 1. The lowest BCUT2D eigenvalue weighted by Gasteiger charge is -2.36. The topological polar surface area (TPSA) is 91.3 Å². The molecule has 0 fully saturated rings. The van der Waals surface area contributed by atoms with E-state index in [0.717, 1.165) is 23.4 Å². The number of phenolic OH excluding ortho intramolecular Hbond substituents is 1. The molecule has 2 aromatic rings. The molecule has 6 heteroatoms. The van der Waals surface area contributed by atoms with Gasteiger partial charge in [0.05, 0.1) is 0 Å². The Morgan fingerprint density at radius 2 is 1.93 bits per heavy atom. The summed E-state index contributed by atoms with van der Waals surface area (Å²) in [7, 11) is 0. The molecule has 1 amide bonds. The number of anilines is 1. The van der Waals surface area contributed by atoms with Crippen LogP contribution in [0.15, 0.2) is 71.2 Å². The van der Waals surface area contributed by atoms with Gasteiger partial charge < -0.3 is 15.7 Å². The van der Waals surface area contributed by atoms with Gasteiger partial charge in [0.2, 0.25) is 0 Å². The van der Waals surface area contributed by atoms with Crippen LogP contribution in [0, 0.1) is 5.92 Å². The maximum atomic E-state index is 13.2. The molecule has 29 heavy (non-hydrogen) atoms. The Hall–Kier alpha value is -3.41. The summed E-state index contributed by atoms with van der Waals surface area (Å²) >= 11 is 0. The van der Waals surface area contributed by atoms with E-state index >= 15 is 0 Å². The highest BCUT2D eigenvalue weighted by Crippen LogP contribution is 2.43. The number of carbonyl (C=O) groups excluding carboxylic acids is 2. The molecule has 0 saturated carbocycles. The number of allylic oxidation sites excluding steroid dienone is 3. The molecular formula is C23H23N3O3. The molecule has 2 atom stereocenters. The SMILES string of the molecule is CC1=C(C(=O)Nc2ccccn2)C(c2ccc(O)cc2)C2=C(CC(C)CC2=O)N1. The number of carbonyl (C=O) groups is 2. The van der Waals surface area contributed by atoms with Crippen molar-refractivity contribution in [3.63, 3.8) is 0 Å². The summed E-state index contributed by atoms with van der Waals surface area (Å²) in [6, 6.07) is 12.0. The lowest BCUT2D eigenvalue weighted by molar-refractivity contribution is -0.117. The number of aromatic hydroxyl groups is 1. The number of amides is 1. The van der Waals surface area contributed by atoms with Crippen LogP contribution in [-0.2, 0) is 9.59 Å². The monoisotopic (exact) mass is 389 g/mol. The first-order chi connectivity index (χ1) is 13.9. The minimum atomic E-state index is -0.490. The van der Waals surface area contributed by atoms with Crippen molar-refractivity contribution in [3.05, 3.63) is 76.8 Å². The summed E-state index contributed by atoms with van der Waals surface area (Å²) in [5.41, 5.74) is 3.54. The Kier molecular flexibility index (Phi) is 4.92. The Morgan fingerprint density at radius 1 is 1.17 bits per heavy atom. The van der Waals surface area contributed by atoms with E-state index in [2.05, 4.69) is 22.5 Å². The molecule has 1 aromatic heterocycles. The summed E-state index contributed by atoms with van der Waals surface area (Å²) in [5, 5.41) is 15.9. The maximum absolute atomic E-state index is 13.2. The van der Waals surface area contributed by atoms with Crippen molar-refractivity contribution in [3.8, 4) is 5.75 Å². The summed E-state index contributed by atoms with van der Waals surface area (Å²) < 4.78 is 0. The lowest BCUT2D eigenvalue weighted by Crippen LogP contribution is -2.37. The van der Waals surface area contributed by atoms with E-state index in [0.29, 0.717) is 23.4 Å². The van der Waals surface area contributed by atoms with Crippen molar-refractivity contribution in [1.29, 1.82) is 0 Å². The molecule has 0 spiro atoms. The van der Waals surface area contributed by atoms with Crippen molar-refractivity contribution in [2.75, 3.05) is 5.32 Å². The van der Waals surface area contributed by atoms with Crippen LogP contribution < -0.4 is 10.6 Å². The fourth-order valence-corrected chi connectivity index (χ4v) is 4.16. The van der Waals surface area contributed by atoms with Crippen LogP contribution >= 0.6 is 0 Å². The van der Waals surface area contributed by atoms with E-state index in [1.807, 2.05) is 6.92 Å². The predicted molar refractivity (Wildman–Crippen MR) is 110 cm³/mol. The van der Waals surface area contributed by atoms with Gasteiger partial charge in [0.1, 0.15) is 11.6 Å². The Bertz CT molecular complexity index is 1020. The normalized spacial score (nSPS) is 21.5. The van der Waals surface area contributed by atoms with Crippen molar-refractivity contribution in [1.82, 2.24) is 10.3 Å². The van der Waals surface area contributed by atoms with Crippen molar-refractivity contribution in [2.24, 2.45) is 5.92 Å². The molecule has 148 valence electrons. The molecule has 2 aliphatic rings. The van der Waals surface area contributed by atoms with Crippen LogP contribution in [0.1, 0.15) is 38.2 Å². The van der Waals surface area contributed by atoms with Crippen LogP contribution in [-0.4, -0.2) is 21.8 Å². The third-order valence-electron chi connectivity index (χ3n) is 5.41. The van der Waals surface area contributed by atoms with Crippen LogP contribution in [0.25, 0.3) is 0 Å². The number of hydrogen-bond acceptors (Lipinski definition) is 5. The second kappa shape index (κ2) is 7.54. The smallest absolute Gasteiger partial charge is 0.255 e. The number of benzene rings is 1. The van der Waals surface area contributed by atoms with Gasteiger partial charge in [-0.3, -0.25) is 9.59 Å². The van der Waals surface area contributed by atoms with Gasteiger partial charge in [-0.25, -0.2) is 4.98 Å². The van der Waals surface area contributed by atoms with E-state index in [9.17, 15) is 14.7 Å². The minimum absolute atomic E-state index is 0.0555. The van der Waals surface area contributed by atoms with Gasteiger partial charge in [-0.2, -0.15) is 0 Å². The largest absolute Gasteiger partial charge is 0.508 e. The lowest BCUT2D eigenvalue weighted by atomic mass is 9.73. The van der Waals surface area contributed by atoms with Crippen LogP contribution in [0.2, 0.25) is 0 Å². The minimum Gasteiger partial charge on any atom is -0.508 e. The first-order valence-electron chi connectivity index (χ1n) is 9.69. The average Bonchev–Trinajstić information content (AvgIpc) is 2.68. The van der Waals surface area contributed by atoms with Gasteiger partial charge in [0, 0.05) is 41.1 Å². The van der Waals surface area contributed by atoms with Crippen LogP contribution in [0.3, 0.4) is 0 Å². The van der Waals surface area contributed by atoms with E-state index in [-0.39, 0.29) is 23.4 Å². The van der Waals surface area contributed by atoms with Crippen molar-refractivity contribution < 1.29 is 14.7 Å². The maximum Gasteiger partial charge on any atom is 0.255 e. The number of nitrogens with zero attached hydrogens (tertiary/aromatic N) is 1. The molecule has 0 radical (unpaired) electrons. The molecule has 3 N–H and O–H groups in total. The molecule has 0 bridgehead atoms. The number of phenols is 1. The summed E-state index contributed by atoms with van der Waals surface area (Å²) in [4.78, 5) is 30.4. The van der Waals surface area contributed by atoms with E-state index in [1.54, 1.807) is 48.7 Å². The molecule has 4 rings (SSSR count). The average molecular weight is 389 g/mol. The Morgan fingerprint density at radius 3 is 2.62 bits per heavy atom. The summed E-state index contributed by atoms with van der Waals surface area (Å²) in [6.45, 7) is 3.91. The third-order valence-corrected chi connectivity index (χ3v) is 5.41. The standard InChI is InChI=1S/C23H23N3O3/c1-13-11-17-22(18(28)12-13)21(15-6-8-16(27)9-7-15)20(14(2)25-17)23(29)26-19-5-3-4-10-24-19/h3-10,13,21,25,27H,11-12H2,1-2H3,(H,24,26,29). The zero-order chi connectivity index (χ0) is 20.5. The number of pyridine rings is 1. The number of nitrogens with one attached hydrogen (secondary N) is 2. The molecular weight excluding hydrogens is 366 g/mol. The van der Waals surface area contributed by atoms with Crippen LogP contribution in [0.5, 0.6) is 5.75 Å². The van der Waals surface area contributed by atoms with Gasteiger partial charge in [-0.1, -0.05) is 25.1 Å². The van der Waals surface area contributed by atoms with Gasteiger partial charge in [-0.05, 0) is 49.1 Å². The highest BCUT2D eigenvalue weighted by Gasteiger charge is 2.39. The fraction of sp³-hybridized carbons (Fsp3) is 0.261. The Labute approximate surface area is 169 Å². The van der Waals surface area contributed by atoms with Crippen molar-refractivity contribution >= 4 is 17.5 Å². The van der Waals surface area contributed by atoms with E-state index < -0.39 is 5.92 Å². The fourth-order valence-electron chi connectivity index (χ4n) is 4.16. The highest BCUT2D eigenvalue weighted by atomic mass is 16.3. The second-order valence-corrected chi connectivity index (χ2v) is 7.69. The first kappa shape index (κ1) is 18.9. The van der Waals surface area contributed by atoms with Crippen LogP contribution in [0.4, 0.5) is 5.82 Å². The molecule has 0 saturated heterocycles. The summed E-state index contributed by atoms with van der Waals surface area (Å²) in [5.74, 6) is 0.109. The number of rotatable bonds is 3. The van der Waals surface area contributed by atoms with Crippen molar-refractivity contribution in [2.45, 2.75) is 32.6 Å². The molecule has 1 aliphatic carbocycles. The van der Waals surface area contributed by atoms with Gasteiger partial charge in [-0.15, -0.1) is 0 Å². The zero-order valence-corrected chi connectivity index (χ0v) is 16.4. The number of ketones is 1. The zero-order valence-electron chi connectivity index (χ0n) is 16.4. The highest BCUT2D eigenvalue weighted by molar-refractivity contribution is 6.09. The predicted octanol–water partition coefficient (Wildman–Crippen LogP) is 3.64. The molecule has 1 aliphatic heterocycles. The van der Waals surface area contributed by atoms with E-state index in [4.69, 9.17) is 0 Å².